The van der Waals surface area contributed by atoms with Crippen molar-refractivity contribution in [2.45, 2.75) is 46.2 Å². The van der Waals surface area contributed by atoms with E-state index >= 15 is 0 Å². The number of benzene rings is 1. The minimum Gasteiger partial charge on any atom is -0.508 e. The number of hydrogen-bond acceptors (Lipinski definition) is 2. The fourth-order valence-electron chi connectivity index (χ4n) is 2.06. The molecule has 0 bridgehead atoms. The first-order valence-corrected chi connectivity index (χ1v) is 6.20. The minimum absolute atomic E-state index is 0.0330. The lowest BCUT2D eigenvalue weighted by molar-refractivity contribution is 0.351. The number of halogens is 1. The molecule has 2 nitrogen and oxygen atoms in total. The van der Waals surface area contributed by atoms with Crippen LogP contribution in [0.15, 0.2) is 18.2 Å². The lowest BCUT2D eigenvalue weighted by Crippen LogP contribution is -2.35. The molecule has 0 saturated carbocycles. The molecule has 3 heteroatoms. The summed E-state index contributed by atoms with van der Waals surface area (Å²) in [6.45, 7) is 8.38. The van der Waals surface area contributed by atoms with E-state index in [-0.39, 0.29) is 17.6 Å². The van der Waals surface area contributed by atoms with Crippen molar-refractivity contribution in [1.82, 2.24) is 5.32 Å². The van der Waals surface area contributed by atoms with Crippen LogP contribution in [-0.2, 0) is 0 Å². The van der Waals surface area contributed by atoms with Gasteiger partial charge < -0.3 is 10.4 Å². The first-order valence-electron chi connectivity index (χ1n) is 6.20. The number of phenols is 1. The summed E-state index contributed by atoms with van der Waals surface area (Å²) in [4.78, 5) is 0. The molecule has 96 valence electrons. The zero-order valence-electron chi connectivity index (χ0n) is 11.0. The summed E-state index contributed by atoms with van der Waals surface area (Å²) in [7, 11) is 0. The van der Waals surface area contributed by atoms with E-state index < -0.39 is 0 Å². The maximum atomic E-state index is 13.7. The van der Waals surface area contributed by atoms with Gasteiger partial charge in [-0.2, -0.15) is 0 Å². The van der Waals surface area contributed by atoms with Crippen molar-refractivity contribution in [1.29, 1.82) is 0 Å². The van der Waals surface area contributed by atoms with Crippen molar-refractivity contribution in [2.75, 3.05) is 0 Å². The van der Waals surface area contributed by atoms with E-state index in [4.69, 9.17) is 0 Å². The van der Waals surface area contributed by atoms with E-state index in [2.05, 4.69) is 26.1 Å². The third-order valence-corrected chi connectivity index (χ3v) is 3.16. The van der Waals surface area contributed by atoms with Gasteiger partial charge in [0.2, 0.25) is 0 Å². The summed E-state index contributed by atoms with van der Waals surface area (Å²) < 4.78 is 13.7. The average Bonchev–Trinajstić information content (AvgIpc) is 2.24. The number of rotatable bonds is 5. The zero-order chi connectivity index (χ0) is 13.0. The SMILES string of the molecule is CCC(NC(C)c1ccc(O)cc1F)C(C)C. The van der Waals surface area contributed by atoms with E-state index in [1.807, 2.05) is 6.92 Å². The van der Waals surface area contributed by atoms with Crippen molar-refractivity contribution in [3.63, 3.8) is 0 Å². The van der Waals surface area contributed by atoms with Crippen molar-refractivity contribution in [3.8, 4) is 5.75 Å². The smallest absolute Gasteiger partial charge is 0.131 e. The van der Waals surface area contributed by atoms with E-state index in [0.717, 1.165) is 12.5 Å². The second-order valence-corrected chi connectivity index (χ2v) is 4.85. The predicted octanol–water partition coefficient (Wildman–Crippen LogP) is 3.62. The molecule has 0 spiro atoms. The second-order valence-electron chi connectivity index (χ2n) is 4.85. The summed E-state index contributed by atoms with van der Waals surface area (Å²) in [5.41, 5.74) is 0.599. The summed E-state index contributed by atoms with van der Waals surface area (Å²) in [5, 5.41) is 12.6. The zero-order valence-corrected chi connectivity index (χ0v) is 11.0. The van der Waals surface area contributed by atoms with Crippen LogP contribution in [0.2, 0.25) is 0 Å². The molecule has 0 amide bonds. The molecule has 1 aromatic rings. The third kappa shape index (κ3) is 3.70. The summed E-state index contributed by atoms with van der Waals surface area (Å²) in [5.74, 6) is 0.126. The topological polar surface area (TPSA) is 32.3 Å². The molecule has 0 aromatic heterocycles. The molecule has 0 heterocycles. The van der Waals surface area contributed by atoms with Crippen molar-refractivity contribution in [2.24, 2.45) is 5.92 Å². The van der Waals surface area contributed by atoms with Gasteiger partial charge in [-0.1, -0.05) is 26.8 Å². The van der Waals surface area contributed by atoms with Gasteiger partial charge in [-0.15, -0.1) is 0 Å². The van der Waals surface area contributed by atoms with Crippen LogP contribution < -0.4 is 5.32 Å². The second kappa shape index (κ2) is 6.01. The highest BCUT2D eigenvalue weighted by atomic mass is 19.1. The van der Waals surface area contributed by atoms with Gasteiger partial charge in [-0.05, 0) is 25.3 Å². The van der Waals surface area contributed by atoms with E-state index in [1.165, 1.54) is 6.07 Å². The first kappa shape index (κ1) is 14.0. The molecule has 17 heavy (non-hydrogen) atoms. The monoisotopic (exact) mass is 239 g/mol. The molecular weight excluding hydrogens is 217 g/mol. The van der Waals surface area contributed by atoms with Crippen LogP contribution in [0.4, 0.5) is 4.39 Å². The molecular formula is C14H22FNO. The van der Waals surface area contributed by atoms with Crippen LogP contribution in [0.25, 0.3) is 0 Å². The van der Waals surface area contributed by atoms with Gasteiger partial charge >= 0.3 is 0 Å². The molecule has 0 aliphatic carbocycles. The molecule has 0 aliphatic heterocycles. The average molecular weight is 239 g/mol. The molecule has 0 aliphatic rings. The highest BCUT2D eigenvalue weighted by Crippen LogP contribution is 2.22. The number of phenolic OH excluding ortho intramolecular Hbond substituents is 1. The van der Waals surface area contributed by atoms with Gasteiger partial charge in [0, 0.05) is 23.7 Å². The summed E-state index contributed by atoms with van der Waals surface area (Å²) in [6, 6.07) is 4.63. The lowest BCUT2D eigenvalue weighted by Gasteiger charge is -2.25. The van der Waals surface area contributed by atoms with Gasteiger partial charge in [0.15, 0.2) is 0 Å². The quantitative estimate of drug-likeness (QED) is 0.822. The molecule has 1 aromatic carbocycles. The maximum absolute atomic E-state index is 13.7. The van der Waals surface area contributed by atoms with Crippen LogP contribution >= 0.6 is 0 Å². The van der Waals surface area contributed by atoms with Crippen LogP contribution in [0, 0.1) is 11.7 Å². The number of aromatic hydroxyl groups is 1. The van der Waals surface area contributed by atoms with Gasteiger partial charge in [0.25, 0.3) is 0 Å². The van der Waals surface area contributed by atoms with Gasteiger partial charge in [0.05, 0.1) is 0 Å². The predicted molar refractivity (Wildman–Crippen MR) is 68.5 cm³/mol. The van der Waals surface area contributed by atoms with Crippen LogP contribution in [-0.4, -0.2) is 11.1 Å². The molecule has 2 N–H and O–H groups in total. The Balaban J connectivity index is 2.78. The van der Waals surface area contributed by atoms with E-state index in [9.17, 15) is 9.50 Å². The molecule has 0 radical (unpaired) electrons. The number of hydrogen-bond donors (Lipinski definition) is 2. The molecule has 1 rings (SSSR count). The van der Waals surface area contributed by atoms with Gasteiger partial charge in [0.1, 0.15) is 11.6 Å². The van der Waals surface area contributed by atoms with Crippen molar-refractivity contribution < 1.29 is 9.50 Å². The Labute approximate surface area is 103 Å². The first-order chi connectivity index (χ1) is 7.95. The fourth-order valence-corrected chi connectivity index (χ4v) is 2.06. The summed E-state index contributed by atoms with van der Waals surface area (Å²) in [6.07, 6.45) is 1.02. The Bertz CT molecular complexity index is 365. The Morgan fingerprint density at radius 3 is 2.41 bits per heavy atom. The van der Waals surface area contributed by atoms with E-state index in [0.29, 0.717) is 17.5 Å². The van der Waals surface area contributed by atoms with Gasteiger partial charge in [-0.3, -0.25) is 0 Å². The normalized spacial score (nSPS) is 14.9. The Morgan fingerprint density at radius 1 is 1.29 bits per heavy atom. The van der Waals surface area contributed by atoms with Crippen molar-refractivity contribution >= 4 is 0 Å². The highest BCUT2D eigenvalue weighted by molar-refractivity contribution is 5.29. The molecule has 0 fully saturated rings. The van der Waals surface area contributed by atoms with Crippen LogP contribution in [0.5, 0.6) is 5.75 Å². The van der Waals surface area contributed by atoms with Crippen LogP contribution in [0.1, 0.15) is 45.7 Å². The molecule has 0 saturated heterocycles. The maximum Gasteiger partial charge on any atom is 0.131 e. The standard InChI is InChI=1S/C14H22FNO/c1-5-14(9(2)3)16-10(4)12-7-6-11(17)8-13(12)15/h6-10,14,16-17H,5H2,1-4H3. The van der Waals surface area contributed by atoms with E-state index in [1.54, 1.807) is 6.07 Å². The highest BCUT2D eigenvalue weighted by Gasteiger charge is 2.17. The largest absolute Gasteiger partial charge is 0.508 e. The third-order valence-electron chi connectivity index (χ3n) is 3.16. The van der Waals surface area contributed by atoms with Crippen molar-refractivity contribution in [3.05, 3.63) is 29.6 Å². The Morgan fingerprint density at radius 2 is 1.94 bits per heavy atom. The fraction of sp³-hybridized carbons (Fsp3) is 0.571. The minimum atomic E-state index is -0.358. The summed E-state index contributed by atoms with van der Waals surface area (Å²) >= 11 is 0. The lowest BCUT2D eigenvalue weighted by atomic mass is 9.99. The molecule has 2 atom stereocenters. The van der Waals surface area contributed by atoms with Crippen LogP contribution in [0.3, 0.4) is 0 Å². The Hall–Kier alpha value is -1.09. The number of nitrogens with one attached hydrogen (secondary N) is 1. The molecule has 2 unspecified atom stereocenters. The Kier molecular flexibility index (Phi) is 4.94. The van der Waals surface area contributed by atoms with Gasteiger partial charge in [-0.25, -0.2) is 4.39 Å².